The molecule has 0 aromatic rings. The van der Waals surface area contributed by atoms with Crippen molar-refractivity contribution in [1.82, 2.24) is 16.2 Å². The Morgan fingerprint density at radius 3 is 2.24 bits per heavy atom. The minimum absolute atomic E-state index is 0.178. The van der Waals surface area contributed by atoms with E-state index in [0.717, 1.165) is 0 Å². The number of amides is 2. The first-order valence-electron chi connectivity index (χ1n) is 5.35. The van der Waals surface area contributed by atoms with Crippen LogP contribution < -0.4 is 16.2 Å². The van der Waals surface area contributed by atoms with Crippen molar-refractivity contribution in [3.8, 4) is 0 Å². The van der Waals surface area contributed by atoms with Crippen LogP contribution in [0.1, 0.15) is 33.6 Å². The first-order valence-corrected chi connectivity index (χ1v) is 5.35. The molecule has 0 aliphatic rings. The number of rotatable bonds is 6. The van der Waals surface area contributed by atoms with Gasteiger partial charge in [-0.1, -0.05) is 13.3 Å². The van der Waals surface area contributed by atoms with Crippen LogP contribution in [0.2, 0.25) is 0 Å². The predicted molar refractivity (Wildman–Crippen MR) is 60.9 cm³/mol. The molecule has 17 heavy (non-hydrogen) atoms. The normalized spacial score (nSPS) is 13.6. The Kier molecular flexibility index (Phi) is 6.19. The molecule has 0 aromatic carbocycles. The third-order valence-corrected chi connectivity index (χ3v) is 2.24. The molecule has 0 radical (unpaired) electrons. The van der Waals surface area contributed by atoms with Gasteiger partial charge >= 0.3 is 5.97 Å². The monoisotopic (exact) mass is 245 g/mol. The first kappa shape index (κ1) is 15.4. The molecule has 0 bridgehead atoms. The lowest BCUT2D eigenvalue weighted by Gasteiger charge is -2.25. The fourth-order valence-electron chi connectivity index (χ4n) is 1.25. The molecule has 0 fully saturated rings. The molecule has 0 aliphatic carbocycles. The van der Waals surface area contributed by atoms with Crippen molar-refractivity contribution in [3.63, 3.8) is 0 Å². The Balaban J connectivity index is 4.18. The summed E-state index contributed by atoms with van der Waals surface area (Å²) >= 11 is 0. The molecule has 0 spiro atoms. The van der Waals surface area contributed by atoms with Gasteiger partial charge in [-0.3, -0.25) is 30.6 Å². The maximum atomic E-state index is 11.2. The third kappa shape index (κ3) is 5.86. The molecule has 0 rings (SSSR count). The molecule has 7 nitrogen and oxygen atoms in total. The van der Waals surface area contributed by atoms with E-state index in [0.29, 0.717) is 12.8 Å². The van der Waals surface area contributed by atoms with E-state index in [1.165, 1.54) is 13.8 Å². The van der Waals surface area contributed by atoms with Crippen LogP contribution in [-0.4, -0.2) is 35.0 Å². The van der Waals surface area contributed by atoms with Crippen molar-refractivity contribution in [2.75, 3.05) is 6.54 Å². The van der Waals surface area contributed by atoms with Crippen molar-refractivity contribution >= 4 is 17.8 Å². The lowest BCUT2D eigenvalue weighted by atomic mass is 9.96. The fourth-order valence-corrected chi connectivity index (χ4v) is 1.25. The highest BCUT2D eigenvalue weighted by Crippen LogP contribution is 2.11. The molecule has 0 saturated heterocycles. The van der Waals surface area contributed by atoms with Crippen molar-refractivity contribution in [1.29, 1.82) is 0 Å². The molecule has 0 heterocycles. The van der Waals surface area contributed by atoms with Gasteiger partial charge in [-0.25, -0.2) is 0 Å². The van der Waals surface area contributed by atoms with Crippen LogP contribution in [0.5, 0.6) is 0 Å². The maximum Gasteiger partial charge on any atom is 0.323 e. The van der Waals surface area contributed by atoms with Crippen LogP contribution in [0.15, 0.2) is 0 Å². The molecule has 4 N–H and O–H groups in total. The van der Waals surface area contributed by atoms with E-state index in [1.54, 1.807) is 0 Å². The Hall–Kier alpha value is -1.63. The summed E-state index contributed by atoms with van der Waals surface area (Å²) in [6.07, 6.45) is 1.10. The van der Waals surface area contributed by atoms with E-state index in [9.17, 15) is 14.4 Å². The molecule has 1 unspecified atom stereocenters. The Morgan fingerprint density at radius 1 is 1.24 bits per heavy atom. The van der Waals surface area contributed by atoms with E-state index in [1.807, 2.05) is 6.92 Å². The molecule has 0 aliphatic heterocycles. The highest BCUT2D eigenvalue weighted by Gasteiger charge is 2.31. The molecule has 0 aromatic heterocycles. The number of carboxylic acid groups (broad SMARTS) is 1. The molecule has 2 amide bonds. The summed E-state index contributed by atoms with van der Waals surface area (Å²) < 4.78 is 0. The van der Waals surface area contributed by atoms with Gasteiger partial charge < -0.3 is 5.11 Å². The number of nitrogens with one attached hydrogen (secondary N) is 3. The summed E-state index contributed by atoms with van der Waals surface area (Å²) in [5.41, 5.74) is 3.12. The van der Waals surface area contributed by atoms with E-state index < -0.39 is 23.3 Å². The van der Waals surface area contributed by atoms with Gasteiger partial charge in [-0.05, 0) is 13.3 Å². The average Bonchev–Trinajstić information content (AvgIpc) is 2.23. The van der Waals surface area contributed by atoms with E-state index in [-0.39, 0.29) is 6.54 Å². The molecule has 0 saturated carbocycles. The number of aliphatic carboxylic acids is 1. The lowest BCUT2D eigenvalue weighted by Crippen LogP contribution is -2.54. The number of carbonyl (C=O) groups is 3. The van der Waals surface area contributed by atoms with E-state index in [2.05, 4.69) is 16.2 Å². The van der Waals surface area contributed by atoms with Gasteiger partial charge in [0.05, 0.1) is 6.54 Å². The summed E-state index contributed by atoms with van der Waals surface area (Å²) in [6, 6.07) is 0. The highest BCUT2D eigenvalue weighted by molar-refractivity contribution is 5.83. The average molecular weight is 245 g/mol. The van der Waals surface area contributed by atoms with Crippen molar-refractivity contribution < 1.29 is 19.5 Å². The molecule has 7 heteroatoms. The molecular weight excluding hydrogens is 226 g/mol. The van der Waals surface area contributed by atoms with Crippen LogP contribution >= 0.6 is 0 Å². The molecule has 1 atom stereocenters. The summed E-state index contributed by atoms with van der Waals surface area (Å²) in [5.74, 6) is -1.90. The quantitative estimate of drug-likeness (QED) is 0.467. The number of hydrogen-bond donors (Lipinski definition) is 4. The summed E-state index contributed by atoms with van der Waals surface area (Å²) in [7, 11) is 0. The van der Waals surface area contributed by atoms with Crippen LogP contribution in [0.25, 0.3) is 0 Å². The van der Waals surface area contributed by atoms with Crippen molar-refractivity contribution in [2.45, 2.75) is 39.2 Å². The van der Waals surface area contributed by atoms with Gasteiger partial charge in [-0.2, -0.15) is 0 Å². The zero-order valence-electron chi connectivity index (χ0n) is 10.3. The lowest BCUT2D eigenvalue weighted by molar-refractivity contribution is -0.144. The second-order valence-corrected chi connectivity index (χ2v) is 3.97. The Bertz CT molecular complexity index is 306. The Morgan fingerprint density at radius 2 is 1.82 bits per heavy atom. The van der Waals surface area contributed by atoms with E-state index >= 15 is 0 Å². The highest BCUT2D eigenvalue weighted by atomic mass is 16.4. The van der Waals surface area contributed by atoms with Gasteiger partial charge in [0.2, 0.25) is 5.91 Å². The zero-order valence-corrected chi connectivity index (χ0v) is 10.3. The number of hydrogen-bond acceptors (Lipinski definition) is 4. The maximum absolute atomic E-state index is 11.2. The minimum Gasteiger partial charge on any atom is -0.480 e. The summed E-state index contributed by atoms with van der Waals surface area (Å²) in [5, 5.41) is 11.7. The molecular formula is C10H19N3O4. The zero-order chi connectivity index (χ0) is 13.5. The smallest absolute Gasteiger partial charge is 0.323 e. The van der Waals surface area contributed by atoms with Gasteiger partial charge in [0.15, 0.2) is 0 Å². The van der Waals surface area contributed by atoms with Gasteiger partial charge in [0.25, 0.3) is 5.91 Å². The van der Waals surface area contributed by atoms with Crippen LogP contribution in [0.4, 0.5) is 0 Å². The Labute approximate surface area is 99.9 Å². The SMILES string of the molecule is CCCC(C)(NCC(=O)NNC(C)=O)C(=O)O. The number of hydrazine groups is 1. The third-order valence-electron chi connectivity index (χ3n) is 2.24. The predicted octanol–water partition coefficient (Wildman–Crippen LogP) is -0.613. The number of carbonyl (C=O) groups excluding carboxylic acids is 2. The van der Waals surface area contributed by atoms with Gasteiger partial charge in [0.1, 0.15) is 5.54 Å². The van der Waals surface area contributed by atoms with Gasteiger partial charge in [-0.15, -0.1) is 0 Å². The molecule has 98 valence electrons. The second-order valence-electron chi connectivity index (χ2n) is 3.97. The summed E-state index contributed by atoms with van der Waals surface area (Å²) in [6.45, 7) is 4.46. The fraction of sp³-hybridized carbons (Fsp3) is 0.700. The van der Waals surface area contributed by atoms with Crippen LogP contribution in [-0.2, 0) is 14.4 Å². The van der Waals surface area contributed by atoms with Crippen molar-refractivity contribution in [2.24, 2.45) is 0 Å². The standard InChI is InChI=1S/C10H19N3O4/c1-4-5-10(3,9(16)17)11-6-8(15)13-12-7(2)14/h11H,4-6H2,1-3H3,(H,12,14)(H,13,15)(H,16,17). The van der Waals surface area contributed by atoms with Crippen LogP contribution in [0.3, 0.4) is 0 Å². The largest absolute Gasteiger partial charge is 0.480 e. The second kappa shape index (κ2) is 6.85. The number of carboxylic acids is 1. The summed E-state index contributed by atoms with van der Waals surface area (Å²) in [4.78, 5) is 32.8. The van der Waals surface area contributed by atoms with Gasteiger partial charge in [0, 0.05) is 6.92 Å². The topological polar surface area (TPSA) is 108 Å². The van der Waals surface area contributed by atoms with E-state index in [4.69, 9.17) is 5.11 Å². The van der Waals surface area contributed by atoms with Crippen molar-refractivity contribution in [3.05, 3.63) is 0 Å². The first-order chi connectivity index (χ1) is 7.81. The van der Waals surface area contributed by atoms with Crippen LogP contribution in [0, 0.1) is 0 Å². The minimum atomic E-state index is -1.14.